The first-order valence-corrected chi connectivity index (χ1v) is 9.23. The molecule has 0 spiro atoms. The third-order valence-corrected chi connectivity index (χ3v) is 5.49. The van der Waals surface area contributed by atoms with Crippen LogP contribution in [0.15, 0.2) is 41.1 Å². The van der Waals surface area contributed by atoms with Crippen LogP contribution in [0.4, 0.5) is 0 Å². The van der Waals surface area contributed by atoms with Gasteiger partial charge in [0.25, 0.3) is 0 Å². The zero-order valence-electron chi connectivity index (χ0n) is 15.6. The largest absolute Gasteiger partial charge is 0.391 e. The summed E-state index contributed by atoms with van der Waals surface area (Å²) >= 11 is 0. The van der Waals surface area contributed by atoms with E-state index in [1.54, 1.807) is 11.1 Å². The van der Waals surface area contributed by atoms with Crippen molar-refractivity contribution >= 4 is 16.8 Å². The number of fused-ring (bicyclic) bond motifs is 1. The first-order valence-electron chi connectivity index (χ1n) is 9.23. The van der Waals surface area contributed by atoms with Crippen LogP contribution in [0.3, 0.4) is 0 Å². The van der Waals surface area contributed by atoms with Crippen LogP contribution in [0.2, 0.25) is 0 Å². The maximum absolute atomic E-state index is 12.7. The Morgan fingerprint density at radius 2 is 2.07 bits per heavy atom. The van der Waals surface area contributed by atoms with Gasteiger partial charge in [0, 0.05) is 36.2 Å². The Labute approximate surface area is 157 Å². The fourth-order valence-electron chi connectivity index (χ4n) is 3.89. The molecule has 1 aliphatic rings. The molecule has 0 radical (unpaired) electrons. The highest BCUT2D eigenvalue weighted by molar-refractivity contribution is 5.82. The molecule has 1 amide bonds. The number of hydrogen-bond donors (Lipinski definition) is 1. The molecule has 1 saturated heterocycles. The molecule has 27 heavy (non-hydrogen) atoms. The van der Waals surface area contributed by atoms with Crippen molar-refractivity contribution < 1.29 is 14.4 Å². The lowest BCUT2D eigenvalue weighted by molar-refractivity contribution is -0.129. The lowest BCUT2D eigenvalue weighted by Gasteiger charge is -2.16. The number of amides is 1. The number of aliphatic hydroxyl groups is 1. The first kappa shape index (κ1) is 17.7. The van der Waals surface area contributed by atoms with E-state index in [1.165, 1.54) is 0 Å². The molecule has 0 bridgehead atoms. The minimum Gasteiger partial charge on any atom is -0.391 e. The number of likely N-dealkylation sites (tertiary alicyclic amines) is 1. The molecular weight excluding hydrogens is 342 g/mol. The summed E-state index contributed by atoms with van der Waals surface area (Å²) in [6.07, 6.45) is 2.27. The van der Waals surface area contributed by atoms with Gasteiger partial charge < -0.3 is 14.5 Å². The van der Waals surface area contributed by atoms with Crippen LogP contribution in [0, 0.1) is 19.8 Å². The van der Waals surface area contributed by atoms with Crippen LogP contribution in [0.5, 0.6) is 0 Å². The summed E-state index contributed by atoms with van der Waals surface area (Å²) in [5, 5.41) is 15.6. The van der Waals surface area contributed by atoms with Crippen molar-refractivity contribution in [2.75, 3.05) is 13.1 Å². The van der Waals surface area contributed by atoms with Crippen molar-refractivity contribution in [2.24, 2.45) is 5.92 Å². The molecular formula is C21H23N3O3. The molecule has 0 aliphatic carbocycles. The Balaban J connectivity index is 1.47. The van der Waals surface area contributed by atoms with Gasteiger partial charge in [0.2, 0.25) is 5.91 Å². The molecule has 6 nitrogen and oxygen atoms in total. The van der Waals surface area contributed by atoms with E-state index in [0.29, 0.717) is 18.8 Å². The molecule has 2 aromatic heterocycles. The van der Waals surface area contributed by atoms with E-state index in [9.17, 15) is 9.90 Å². The number of aromatic nitrogens is 2. The molecule has 2 atom stereocenters. The normalized spacial score (nSPS) is 19.7. The van der Waals surface area contributed by atoms with Gasteiger partial charge in [0.15, 0.2) is 0 Å². The molecule has 140 valence electrons. The molecule has 1 aromatic carbocycles. The molecule has 0 unspecified atom stereocenters. The van der Waals surface area contributed by atoms with Crippen molar-refractivity contribution in [1.29, 1.82) is 0 Å². The zero-order chi connectivity index (χ0) is 19.0. The summed E-state index contributed by atoms with van der Waals surface area (Å²) in [7, 11) is 0. The highest BCUT2D eigenvalue weighted by Gasteiger charge is 2.34. The summed E-state index contributed by atoms with van der Waals surface area (Å²) in [6.45, 7) is 4.59. The van der Waals surface area contributed by atoms with Crippen molar-refractivity contribution in [3.63, 3.8) is 0 Å². The maximum atomic E-state index is 12.7. The fourth-order valence-corrected chi connectivity index (χ4v) is 3.89. The molecule has 3 heterocycles. The standard InChI is InChI=1S/C21H23N3O3/c1-13-18(14(2)27-23-13)10-21(26)24-11-16(20(25)12-24)9-15-7-8-22-19-6-4-3-5-17(15)19/h3-8,16,20,25H,9-12H2,1-2H3/t16-,20+/m1/s1. The van der Waals surface area contributed by atoms with E-state index in [1.807, 2.05) is 38.1 Å². The number of rotatable bonds is 4. The van der Waals surface area contributed by atoms with E-state index in [-0.39, 0.29) is 18.2 Å². The van der Waals surface area contributed by atoms with E-state index in [4.69, 9.17) is 4.52 Å². The minimum absolute atomic E-state index is 0.00513. The Morgan fingerprint density at radius 1 is 1.26 bits per heavy atom. The molecule has 1 N–H and O–H groups in total. The predicted octanol–water partition coefficient (Wildman–Crippen LogP) is 2.44. The highest BCUT2D eigenvalue weighted by atomic mass is 16.5. The number of hydrogen-bond acceptors (Lipinski definition) is 5. The second kappa shape index (κ2) is 7.12. The molecule has 1 aliphatic heterocycles. The van der Waals surface area contributed by atoms with Crippen LogP contribution in [-0.2, 0) is 17.6 Å². The van der Waals surface area contributed by atoms with Gasteiger partial charge in [-0.1, -0.05) is 23.4 Å². The lowest BCUT2D eigenvalue weighted by Crippen LogP contribution is -2.31. The minimum atomic E-state index is -0.523. The summed E-state index contributed by atoms with van der Waals surface area (Å²) in [4.78, 5) is 18.9. The van der Waals surface area contributed by atoms with Gasteiger partial charge in [-0.05, 0) is 38.0 Å². The van der Waals surface area contributed by atoms with Crippen LogP contribution in [0.25, 0.3) is 10.9 Å². The number of β-amino-alcohol motifs (C(OH)–C–C–N with tert-alkyl or cyclic N) is 1. The van der Waals surface area contributed by atoms with Crippen LogP contribution in [0.1, 0.15) is 22.6 Å². The third-order valence-electron chi connectivity index (χ3n) is 5.49. The van der Waals surface area contributed by atoms with Gasteiger partial charge in [0.05, 0.1) is 23.7 Å². The molecule has 3 aromatic rings. The molecule has 4 rings (SSSR count). The molecule has 6 heteroatoms. The average molecular weight is 365 g/mol. The smallest absolute Gasteiger partial charge is 0.227 e. The number of para-hydroxylation sites is 1. The SMILES string of the molecule is Cc1noc(C)c1CC(=O)N1C[C@@H](Cc2ccnc3ccccc23)[C@@H](O)C1. The Bertz CT molecular complexity index is 957. The number of pyridine rings is 1. The third kappa shape index (κ3) is 3.45. The van der Waals surface area contributed by atoms with Gasteiger partial charge in [-0.2, -0.15) is 0 Å². The number of carbonyl (C=O) groups is 1. The quantitative estimate of drug-likeness (QED) is 0.768. The number of nitrogens with zero attached hydrogens (tertiary/aromatic N) is 3. The van der Waals surface area contributed by atoms with Gasteiger partial charge in [-0.25, -0.2) is 0 Å². The predicted molar refractivity (Wildman–Crippen MR) is 101 cm³/mol. The monoisotopic (exact) mass is 365 g/mol. The highest BCUT2D eigenvalue weighted by Crippen LogP contribution is 2.26. The Hall–Kier alpha value is -2.73. The van der Waals surface area contributed by atoms with Crippen molar-refractivity contribution in [3.05, 3.63) is 59.1 Å². The Kier molecular flexibility index (Phi) is 4.66. The van der Waals surface area contributed by atoms with Gasteiger partial charge in [-0.15, -0.1) is 0 Å². The maximum Gasteiger partial charge on any atom is 0.227 e. The first-order chi connectivity index (χ1) is 13.0. The number of carbonyl (C=O) groups excluding carboxylic acids is 1. The average Bonchev–Trinajstić information content (AvgIpc) is 3.19. The summed E-state index contributed by atoms with van der Waals surface area (Å²) in [5.74, 6) is 0.704. The summed E-state index contributed by atoms with van der Waals surface area (Å²) in [5.41, 5.74) is 3.71. The number of aliphatic hydroxyl groups excluding tert-OH is 1. The van der Waals surface area contributed by atoms with Crippen LogP contribution in [-0.4, -0.2) is 45.2 Å². The Morgan fingerprint density at radius 3 is 2.85 bits per heavy atom. The fraction of sp³-hybridized carbons (Fsp3) is 0.381. The van der Waals surface area contributed by atoms with Gasteiger partial charge in [0.1, 0.15) is 5.76 Å². The number of benzene rings is 1. The summed E-state index contributed by atoms with van der Waals surface area (Å²) < 4.78 is 5.14. The van der Waals surface area contributed by atoms with E-state index in [0.717, 1.165) is 34.1 Å². The van der Waals surface area contributed by atoms with E-state index in [2.05, 4.69) is 16.2 Å². The second-order valence-corrected chi connectivity index (χ2v) is 7.30. The van der Waals surface area contributed by atoms with E-state index >= 15 is 0 Å². The molecule has 1 fully saturated rings. The topological polar surface area (TPSA) is 79.5 Å². The van der Waals surface area contributed by atoms with Crippen LogP contribution >= 0.6 is 0 Å². The van der Waals surface area contributed by atoms with Crippen molar-refractivity contribution in [3.8, 4) is 0 Å². The van der Waals surface area contributed by atoms with Gasteiger partial charge >= 0.3 is 0 Å². The van der Waals surface area contributed by atoms with E-state index < -0.39 is 6.10 Å². The zero-order valence-corrected chi connectivity index (χ0v) is 15.6. The summed E-state index contributed by atoms with van der Waals surface area (Å²) in [6, 6.07) is 10.0. The second-order valence-electron chi connectivity index (χ2n) is 7.30. The van der Waals surface area contributed by atoms with Crippen molar-refractivity contribution in [2.45, 2.75) is 32.8 Å². The lowest BCUT2D eigenvalue weighted by atomic mass is 9.94. The molecule has 0 saturated carbocycles. The van der Waals surface area contributed by atoms with Crippen molar-refractivity contribution in [1.82, 2.24) is 15.0 Å². The van der Waals surface area contributed by atoms with Gasteiger partial charge in [-0.3, -0.25) is 9.78 Å². The number of aryl methyl sites for hydroxylation is 2. The van der Waals surface area contributed by atoms with Crippen LogP contribution < -0.4 is 0 Å².